The third-order valence-electron chi connectivity index (χ3n) is 3.56. The molecule has 0 radical (unpaired) electrons. The summed E-state index contributed by atoms with van der Waals surface area (Å²) in [5, 5.41) is 0. The van der Waals surface area contributed by atoms with Gasteiger partial charge in [0, 0.05) is 12.0 Å². The number of carbonyl (C=O) groups is 2. The summed E-state index contributed by atoms with van der Waals surface area (Å²) in [6.45, 7) is 13.5. The van der Waals surface area contributed by atoms with Gasteiger partial charge in [0.2, 0.25) is 0 Å². The summed E-state index contributed by atoms with van der Waals surface area (Å²) < 4.78 is 0. The summed E-state index contributed by atoms with van der Waals surface area (Å²) in [7, 11) is 0. The number of aryl methyl sites for hydroxylation is 1. The Labute approximate surface area is 153 Å². The van der Waals surface area contributed by atoms with E-state index in [1.54, 1.807) is 13.8 Å². The molecule has 0 fully saturated rings. The normalized spacial score (nSPS) is 9.44. The highest BCUT2D eigenvalue weighted by Gasteiger charge is 2.00. The van der Waals surface area contributed by atoms with Crippen molar-refractivity contribution in [2.45, 2.75) is 60.8 Å². The molecule has 2 aromatic carbocycles. The molecule has 2 nitrogen and oxygen atoms in total. The fourth-order valence-corrected chi connectivity index (χ4v) is 2.10. The van der Waals surface area contributed by atoms with E-state index in [1.807, 2.05) is 57.2 Å². The van der Waals surface area contributed by atoms with Gasteiger partial charge in [0.15, 0.2) is 5.78 Å². The molecule has 0 N–H and O–H groups in total. The lowest BCUT2D eigenvalue weighted by atomic mass is 10.0. The minimum absolute atomic E-state index is 0.125. The van der Waals surface area contributed by atoms with Crippen LogP contribution in [0.4, 0.5) is 0 Å². The van der Waals surface area contributed by atoms with Crippen LogP contribution in [0.1, 0.15) is 74.5 Å². The maximum atomic E-state index is 10.8. The molecule has 2 aromatic rings. The summed E-state index contributed by atoms with van der Waals surface area (Å²) in [4.78, 5) is 21.6. The van der Waals surface area contributed by atoms with Crippen LogP contribution in [-0.2, 0) is 11.2 Å². The molecule has 0 aliphatic carbocycles. The predicted octanol–water partition coefficient (Wildman–Crippen LogP) is 6.17. The first-order chi connectivity index (χ1) is 11.8. The number of ketones is 2. The lowest BCUT2D eigenvalue weighted by Crippen LogP contribution is -1.96. The van der Waals surface area contributed by atoms with Crippen molar-refractivity contribution >= 4 is 11.6 Å². The molecule has 0 spiro atoms. The van der Waals surface area contributed by atoms with Gasteiger partial charge in [0.1, 0.15) is 5.78 Å². The summed E-state index contributed by atoms with van der Waals surface area (Å²) in [6.07, 6.45) is 0.554. The van der Waals surface area contributed by atoms with E-state index in [1.165, 1.54) is 11.1 Å². The number of benzene rings is 2. The number of hydrogen-bond donors (Lipinski definition) is 0. The zero-order valence-electron chi connectivity index (χ0n) is 16.7. The van der Waals surface area contributed by atoms with E-state index in [2.05, 4.69) is 26.0 Å². The monoisotopic (exact) mass is 340 g/mol. The van der Waals surface area contributed by atoms with Crippen LogP contribution in [-0.4, -0.2) is 11.6 Å². The van der Waals surface area contributed by atoms with Gasteiger partial charge >= 0.3 is 0 Å². The lowest BCUT2D eigenvalue weighted by molar-refractivity contribution is -0.116. The van der Waals surface area contributed by atoms with Crippen LogP contribution >= 0.6 is 0 Å². The molecule has 136 valence electrons. The van der Waals surface area contributed by atoms with E-state index in [0.717, 1.165) is 11.1 Å². The van der Waals surface area contributed by atoms with Crippen LogP contribution in [0.25, 0.3) is 0 Å². The Morgan fingerprint density at radius 1 is 0.840 bits per heavy atom. The second kappa shape index (κ2) is 12.2. The highest BCUT2D eigenvalue weighted by Crippen LogP contribution is 2.14. The third kappa shape index (κ3) is 9.61. The fraction of sp³-hybridized carbons (Fsp3) is 0.391. The molecule has 0 saturated heterocycles. The maximum Gasteiger partial charge on any atom is 0.159 e. The third-order valence-corrected chi connectivity index (χ3v) is 3.56. The smallest absolute Gasteiger partial charge is 0.159 e. The molecule has 2 rings (SSSR count). The van der Waals surface area contributed by atoms with E-state index >= 15 is 0 Å². The van der Waals surface area contributed by atoms with Gasteiger partial charge in [0.05, 0.1) is 0 Å². The van der Waals surface area contributed by atoms with E-state index in [9.17, 15) is 9.59 Å². The summed E-state index contributed by atoms with van der Waals surface area (Å²) >= 11 is 0. The van der Waals surface area contributed by atoms with Crippen molar-refractivity contribution in [1.29, 1.82) is 0 Å². The number of rotatable bonds is 4. The molecule has 0 amide bonds. The highest BCUT2D eigenvalue weighted by molar-refractivity contribution is 5.93. The molecule has 2 heteroatoms. The number of hydrogen-bond acceptors (Lipinski definition) is 2. The molecule has 0 heterocycles. The van der Waals surface area contributed by atoms with Gasteiger partial charge < -0.3 is 0 Å². The van der Waals surface area contributed by atoms with Gasteiger partial charge in [-0.15, -0.1) is 0 Å². The fourth-order valence-electron chi connectivity index (χ4n) is 2.10. The molecular weight excluding hydrogens is 308 g/mol. The van der Waals surface area contributed by atoms with Crippen LogP contribution in [0.15, 0.2) is 48.5 Å². The Balaban J connectivity index is 0.000000430. The minimum atomic E-state index is 0.125. The van der Waals surface area contributed by atoms with Gasteiger partial charge in [-0.1, -0.05) is 81.8 Å². The van der Waals surface area contributed by atoms with Crippen molar-refractivity contribution in [3.05, 3.63) is 70.8 Å². The largest absolute Gasteiger partial charge is 0.300 e. The van der Waals surface area contributed by atoms with E-state index in [4.69, 9.17) is 0 Å². The molecular formula is C23H32O2. The quantitative estimate of drug-likeness (QED) is 0.624. The highest BCUT2D eigenvalue weighted by atomic mass is 16.1. The predicted molar refractivity (Wildman–Crippen MR) is 107 cm³/mol. The van der Waals surface area contributed by atoms with Crippen molar-refractivity contribution in [2.75, 3.05) is 0 Å². The molecule has 0 unspecified atom stereocenters. The first-order valence-corrected chi connectivity index (χ1v) is 8.95. The van der Waals surface area contributed by atoms with Gasteiger partial charge in [0.25, 0.3) is 0 Å². The SMILES string of the molecule is CC.CC(=O)Cc1ccc(C(C)C)cc1.CC(=O)c1ccc(C)cc1. The Bertz CT molecular complexity index is 635. The van der Waals surface area contributed by atoms with Crippen molar-refractivity contribution < 1.29 is 9.59 Å². The Kier molecular flexibility index (Phi) is 11.1. The zero-order valence-corrected chi connectivity index (χ0v) is 16.7. The average Bonchev–Trinajstić information content (AvgIpc) is 2.57. The zero-order chi connectivity index (χ0) is 19.4. The van der Waals surface area contributed by atoms with Crippen LogP contribution in [0.2, 0.25) is 0 Å². The van der Waals surface area contributed by atoms with Gasteiger partial charge in [-0.3, -0.25) is 9.59 Å². The van der Waals surface area contributed by atoms with E-state index in [-0.39, 0.29) is 11.6 Å². The van der Waals surface area contributed by atoms with Gasteiger partial charge in [-0.05, 0) is 37.8 Å². The lowest BCUT2D eigenvalue weighted by Gasteiger charge is -2.05. The molecule has 25 heavy (non-hydrogen) atoms. The second-order valence-corrected chi connectivity index (χ2v) is 6.20. The standard InChI is InChI=1S/C12H16O.C9H10O.C2H6/c1-9(2)12-6-4-11(5-7-12)8-10(3)13;1-7-3-5-9(6-4-7)8(2)10;1-2/h4-7,9H,8H2,1-3H3;3-6H,1-2H3;1-2H3. The second-order valence-electron chi connectivity index (χ2n) is 6.20. The van der Waals surface area contributed by atoms with Crippen molar-refractivity contribution in [2.24, 2.45) is 0 Å². The molecule has 0 atom stereocenters. The maximum absolute atomic E-state index is 10.8. The van der Waals surface area contributed by atoms with Gasteiger partial charge in [-0.25, -0.2) is 0 Å². The first-order valence-electron chi connectivity index (χ1n) is 8.95. The summed E-state index contributed by atoms with van der Waals surface area (Å²) in [5.74, 6) is 0.906. The summed E-state index contributed by atoms with van der Waals surface area (Å²) in [5.41, 5.74) is 4.40. The van der Waals surface area contributed by atoms with E-state index in [0.29, 0.717) is 12.3 Å². The van der Waals surface area contributed by atoms with Crippen LogP contribution in [0.5, 0.6) is 0 Å². The minimum Gasteiger partial charge on any atom is -0.300 e. The molecule has 0 saturated carbocycles. The molecule has 0 bridgehead atoms. The van der Waals surface area contributed by atoms with Crippen molar-refractivity contribution in [3.8, 4) is 0 Å². The van der Waals surface area contributed by atoms with E-state index < -0.39 is 0 Å². The first kappa shape index (κ1) is 22.8. The Hall–Kier alpha value is -2.22. The Morgan fingerprint density at radius 3 is 1.68 bits per heavy atom. The van der Waals surface area contributed by atoms with Gasteiger partial charge in [-0.2, -0.15) is 0 Å². The topological polar surface area (TPSA) is 34.1 Å². The van der Waals surface area contributed by atoms with Crippen LogP contribution in [0, 0.1) is 6.92 Å². The molecule has 0 aliphatic rings. The number of Topliss-reactive ketones (excluding diaryl/α,β-unsaturated/α-hetero) is 2. The summed E-state index contributed by atoms with van der Waals surface area (Å²) in [6, 6.07) is 15.8. The van der Waals surface area contributed by atoms with Crippen molar-refractivity contribution in [3.63, 3.8) is 0 Å². The average molecular weight is 341 g/mol. The van der Waals surface area contributed by atoms with Crippen LogP contribution in [0.3, 0.4) is 0 Å². The molecule has 0 aliphatic heterocycles. The number of carbonyl (C=O) groups excluding carboxylic acids is 2. The Morgan fingerprint density at radius 2 is 1.32 bits per heavy atom. The van der Waals surface area contributed by atoms with Crippen molar-refractivity contribution in [1.82, 2.24) is 0 Å². The molecule has 0 aromatic heterocycles. The van der Waals surface area contributed by atoms with Crippen LogP contribution < -0.4 is 0 Å².